The van der Waals surface area contributed by atoms with Gasteiger partial charge in [0.1, 0.15) is 0 Å². The lowest BCUT2D eigenvalue weighted by Crippen LogP contribution is -2.36. The van der Waals surface area contributed by atoms with Crippen LogP contribution in [0, 0.1) is 5.92 Å². The molecule has 0 radical (unpaired) electrons. The van der Waals surface area contributed by atoms with E-state index in [9.17, 15) is 21.6 Å². The van der Waals surface area contributed by atoms with Crippen molar-refractivity contribution in [2.24, 2.45) is 5.92 Å². The SMILES string of the molecule is CC(C)C(C)NS(=O)(=O)c1ccc(C(F)(F)F)cc1. The molecule has 1 N–H and O–H groups in total. The number of alkyl halides is 3. The summed E-state index contributed by atoms with van der Waals surface area (Å²) in [6, 6.07) is 3.13. The second-order valence-electron chi connectivity index (χ2n) is 4.68. The van der Waals surface area contributed by atoms with Crippen LogP contribution >= 0.6 is 0 Å². The number of nitrogens with one attached hydrogen (secondary N) is 1. The Bertz CT molecular complexity index is 521. The van der Waals surface area contributed by atoms with Crippen LogP contribution in [0.15, 0.2) is 29.2 Å². The third kappa shape index (κ3) is 4.21. The molecule has 19 heavy (non-hydrogen) atoms. The van der Waals surface area contributed by atoms with E-state index in [-0.39, 0.29) is 16.9 Å². The molecule has 108 valence electrons. The van der Waals surface area contributed by atoms with Crippen LogP contribution < -0.4 is 4.72 Å². The molecule has 7 heteroatoms. The first-order valence-corrected chi connectivity index (χ1v) is 7.22. The Labute approximate surface area is 110 Å². The van der Waals surface area contributed by atoms with E-state index in [1.54, 1.807) is 6.92 Å². The highest BCUT2D eigenvalue weighted by molar-refractivity contribution is 7.89. The molecule has 1 atom stereocenters. The van der Waals surface area contributed by atoms with Gasteiger partial charge in [-0.25, -0.2) is 13.1 Å². The van der Waals surface area contributed by atoms with Gasteiger partial charge in [-0.2, -0.15) is 13.2 Å². The van der Waals surface area contributed by atoms with Gasteiger partial charge in [-0.1, -0.05) is 13.8 Å². The van der Waals surface area contributed by atoms with Crippen LogP contribution in [0.1, 0.15) is 26.3 Å². The number of rotatable bonds is 4. The fourth-order valence-corrected chi connectivity index (χ4v) is 2.66. The van der Waals surface area contributed by atoms with E-state index >= 15 is 0 Å². The second kappa shape index (κ2) is 5.50. The van der Waals surface area contributed by atoms with Crippen LogP contribution in [-0.4, -0.2) is 14.5 Å². The molecule has 0 saturated heterocycles. The minimum absolute atomic E-state index is 0.0872. The third-order valence-electron chi connectivity index (χ3n) is 2.83. The molecule has 0 spiro atoms. The lowest BCUT2D eigenvalue weighted by Gasteiger charge is -2.17. The first-order chi connectivity index (χ1) is 8.54. The molecule has 1 unspecified atom stereocenters. The number of halogens is 3. The lowest BCUT2D eigenvalue weighted by atomic mass is 10.1. The molecule has 0 amide bonds. The zero-order valence-electron chi connectivity index (χ0n) is 10.8. The average Bonchev–Trinajstić information content (AvgIpc) is 2.27. The normalized spacial score (nSPS) is 14.7. The highest BCUT2D eigenvalue weighted by atomic mass is 32.2. The lowest BCUT2D eigenvalue weighted by molar-refractivity contribution is -0.137. The quantitative estimate of drug-likeness (QED) is 0.928. The van der Waals surface area contributed by atoms with Crippen LogP contribution in [0.2, 0.25) is 0 Å². The standard InChI is InChI=1S/C12H16F3NO2S/c1-8(2)9(3)16-19(17,18)11-6-4-10(5-7-11)12(13,14)15/h4-9,16H,1-3H3. The van der Waals surface area contributed by atoms with Crippen molar-refractivity contribution in [2.75, 3.05) is 0 Å². The van der Waals surface area contributed by atoms with Gasteiger partial charge in [0.2, 0.25) is 10.0 Å². The van der Waals surface area contributed by atoms with E-state index in [0.717, 1.165) is 24.3 Å². The Morgan fingerprint density at radius 3 is 1.89 bits per heavy atom. The molecule has 0 fully saturated rings. The maximum absolute atomic E-state index is 12.4. The first-order valence-electron chi connectivity index (χ1n) is 5.73. The Morgan fingerprint density at radius 2 is 1.53 bits per heavy atom. The van der Waals surface area contributed by atoms with Crippen molar-refractivity contribution in [3.05, 3.63) is 29.8 Å². The van der Waals surface area contributed by atoms with Crippen molar-refractivity contribution in [1.29, 1.82) is 0 Å². The van der Waals surface area contributed by atoms with Gasteiger partial charge in [0.25, 0.3) is 0 Å². The van der Waals surface area contributed by atoms with Crippen molar-refractivity contribution in [3.63, 3.8) is 0 Å². The highest BCUT2D eigenvalue weighted by Gasteiger charge is 2.30. The molecule has 0 bridgehead atoms. The topological polar surface area (TPSA) is 46.2 Å². The first kappa shape index (κ1) is 16.0. The number of benzene rings is 1. The van der Waals surface area contributed by atoms with Crippen LogP contribution in [-0.2, 0) is 16.2 Å². The summed E-state index contributed by atoms with van der Waals surface area (Å²) in [6.45, 7) is 5.40. The molecule has 0 aliphatic carbocycles. The van der Waals surface area contributed by atoms with Gasteiger partial charge < -0.3 is 0 Å². The summed E-state index contributed by atoms with van der Waals surface area (Å²) in [4.78, 5) is -0.173. The zero-order chi connectivity index (χ0) is 14.8. The number of hydrogen-bond donors (Lipinski definition) is 1. The fraction of sp³-hybridized carbons (Fsp3) is 0.500. The largest absolute Gasteiger partial charge is 0.416 e. The number of sulfonamides is 1. The predicted molar refractivity (Wildman–Crippen MR) is 66.1 cm³/mol. The summed E-state index contributed by atoms with van der Waals surface area (Å²) in [6.07, 6.45) is -4.47. The second-order valence-corrected chi connectivity index (χ2v) is 6.39. The molecule has 0 aliphatic heterocycles. The number of hydrogen-bond acceptors (Lipinski definition) is 2. The van der Waals surface area contributed by atoms with E-state index in [2.05, 4.69) is 4.72 Å². The molecule has 1 rings (SSSR count). The van der Waals surface area contributed by atoms with Crippen molar-refractivity contribution in [1.82, 2.24) is 4.72 Å². The van der Waals surface area contributed by atoms with Crippen LogP contribution in [0.5, 0.6) is 0 Å². The predicted octanol–water partition coefficient (Wildman–Crippen LogP) is 3.03. The Hall–Kier alpha value is -1.08. The molecule has 0 saturated carbocycles. The van der Waals surface area contributed by atoms with Gasteiger partial charge >= 0.3 is 6.18 Å². The Balaban J connectivity index is 2.98. The Morgan fingerprint density at radius 1 is 1.05 bits per heavy atom. The summed E-state index contributed by atoms with van der Waals surface area (Å²) in [5.41, 5.74) is -0.872. The summed E-state index contributed by atoms with van der Waals surface area (Å²) in [5.74, 6) is 0.0872. The van der Waals surface area contributed by atoms with Crippen molar-refractivity contribution < 1.29 is 21.6 Å². The summed E-state index contributed by atoms with van der Waals surface area (Å²) < 4.78 is 63.4. The van der Waals surface area contributed by atoms with Gasteiger partial charge in [-0.15, -0.1) is 0 Å². The average molecular weight is 295 g/mol. The minimum atomic E-state index is -4.47. The van der Waals surface area contributed by atoms with E-state index in [1.807, 2.05) is 13.8 Å². The van der Waals surface area contributed by atoms with Crippen LogP contribution in [0.25, 0.3) is 0 Å². The maximum atomic E-state index is 12.4. The molecule has 0 aromatic heterocycles. The molecular formula is C12H16F3NO2S. The van der Waals surface area contributed by atoms with Crippen LogP contribution in [0.4, 0.5) is 13.2 Å². The monoisotopic (exact) mass is 295 g/mol. The Kier molecular flexibility index (Phi) is 4.63. The van der Waals surface area contributed by atoms with Gasteiger partial charge in [-0.3, -0.25) is 0 Å². The van der Waals surface area contributed by atoms with E-state index < -0.39 is 21.8 Å². The maximum Gasteiger partial charge on any atom is 0.416 e. The van der Waals surface area contributed by atoms with Crippen molar-refractivity contribution in [2.45, 2.75) is 37.9 Å². The van der Waals surface area contributed by atoms with E-state index in [1.165, 1.54) is 0 Å². The summed E-state index contributed by atoms with van der Waals surface area (Å²) >= 11 is 0. The molecule has 1 aromatic rings. The molecule has 3 nitrogen and oxygen atoms in total. The molecule has 0 aliphatic rings. The van der Waals surface area contributed by atoms with Crippen molar-refractivity contribution in [3.8, 4) is 0 Å². The zero-order valence-corrected chi connectivity index (χ0v) is 11.6. The fourth-order valence-electron chi connectivity index (χ4n) is 1.27. The molecule has 1 aromatic carbocycles. The molecular weight excluding hydrogens is 279 g/mol. The third-order valence-corrected chi connectivity index (χ3v) is 4.41. The molecule has 0 heterocycles. The van der Waals surface area contributed by atoms with E-state index in [0.29, 0.717) is 0 Å². The summed E-state index contributed by atoms with van der Waals surface area (Å²) in [5, 5.41) is 0. The highest BCUT2D eigenvalue weighted by Crippen LogP contribution is 2.29. The van der Waals surface area contributed by atoms with Gasteiger partial charge in [0, 0.05) is 6.04 Å². The van der Waals surface area contributed by atoms with Crippen LogP contribution in [0.3, 0.4) is 0 Å². The van der Waals surface area contributed by atoms with Crippen molar-refractivity contribution >= 4 is 10.0 Å². The summed E-state index contributed by atoms with van der Waals surface area (Å²) in [7, 11) is -3.78. The minimum Gasteiger partial charge on any atom is -0.208 e. The van der Waals surface area contributed by atoms with E-state index in [4.69, 9.17) is 0 Å². The van der Waals surface area contributed by atoms with Gasteiger partial charge in [0.05, 0.1) is 10.5 Å². The van der Waals surface area contributed by atoms with Gasteiger partial charge in [0.15, 0.2) is 0 Å². The van der Waals surface area contributed by atoms with Gasteiger partial charge in [-0.05, 0) is 37.1 Å². The smallest absolute Gasteiger partial charge is 0.208 e.